The van der Waals surface area contributed by atoms with Gasteiger partial charge in [-0.3, -0.25) is 0 Å². The molecule has 6 heterocycles. The fourth-order valence-corrected chi connectivity index (χ4v) is 14.5. The van der Waals surface area contributed by atoms with Crippen LogP contribution < -0.4 is 15.9 Å². The summed E-state index contributed by atoms with van der Waals surface area (Å²) < 4.78 is 24.9. The van der Waals surface area contributed by atoms with Crippen LogP contribution in [0.1, 0.15) is 156 Å². The van der Waals surface area contributed by atoms with Gasteiger partial charge in [0, 0.05) is 55.3 Å². The minimum atomic E-state index is -0.339. The molecule has 6 heteroatoms. The van der Waals surface area contributed by atoms with Crippen LogP contribution in [0.3, 0.4) is 0 Å². The fourth-order valence-electron chi connectivity index (χ4n) is 14.5. The second kappa shape index (κ2) is 13.8. The maximum Gasteiger partial charge on any atom is 0.376 e. The van der Waals surface area contributed by atoms with Crippen LogP contribution in [0.4, 0.5) is 11.4 Å². The number of aromatic nitrogens is 1. The number of hydrogen-bond donors (Lipinski definition) is 0. The highest BCUT2D eigenvalue weighted by atomic mass is 16.3. The lowest BCUT2D eigenvalue weighted by atomic mass is 9.46. The molecule has 4 aromatic heterocycles. The molecule has 0 N–H and O–H groups in total. The Morgan fingerprint density at radius 3 is 1.68 bits per heavy atom. The van der Waals surface area contributed by atoms with Crippen LogP contribution in [-0.2, 0) is 32.5 Å². The van der Waals surface area contributed by atoms with Crippen molar-refractivity contribution in [2.75, 3.05) is 4.81 Å². The van der Waals surface area contributed by atoms with Crippen molar-refractivity contribution in [3.05, 3.63) is 137 Å². The van der Waals surface area contributed by atoms with Gasteiger partial charge in [-0.15, -0.1) is 0 Å². The lowest BCUT2D eigenvalue weighted by molar-refractivity contribution is 0.332. The molecule has 2 aliphatic carbocycles. The molecule has 2 aliphatic heterocycles. The minimum Gasteiger partial charge on any atom is -0.466 e. The van der Waals surface area contributed by atoms with Crippen LogP contribution in [0.5, 0.6) is 0 Å². The summed E-state index contributed by atoms with van der Waals surface area (Å²) in [6.45, 7) is 32.9. The summed E-state index contributed by atoms with van der Waals surface area (Å²) in [4.78, 5) is 2.61. The molecule has 5 nitrogen and oxygen atoms in total. The standard InChI is InChI=1S/C68H67BN2O3/c1-63(2,3)36-19-22-38(23-20-36)71-50-35-54-40(41-31-45-47(33-52(41)72-54)67(11,12)27-25-65(45,7)8)30-43(50)55-56-39-17-15-16-18-51(39)73-61(56)57-42-29-37(64(4,5)6)21-24-49(42)70-59-44-32-46-48(68(13,14)28-26-66(46,9)10)34-53(44)74-62(59)69(71)58(55)60(57)70/h15-24,29-35H,25-28H2,1-14H3. The molecule has 0 unspecified atom stereocenters. The van der Waals surface area contributed by atoms with Gasteiger partial charge in [0.15, 0.2) is 0 Å². The second-order valence-electron chi connectivity index (χ2n) is 27.8. The van der Waals surface area contributed by atoms with Gasteiger partial charge in [0.2, 0.25) is 0 Å². The topological polar surface area (TPSA) is 47.6 Å². The number of rotatable bonds is 1. The normalized spacial score (nSPS) is 18.3. The Kier molecular flexibility index (Phi) is 8.35. The number of anilines is 2. The zero-order valence-electron chi connectivity index (χ0n) is 45.8. The highest BCUT2D eigenvalue weighted by Gasteiger charge is 2.50. The smallest absolute Gasteiger partial charge is 0.376 e. The van der Waals surface area contributed by atoms with Gasteiger partial charge in [-0.2, -0.15) is 0 Å². The number of fused-ring (bicyclic) bond motifs is 20. The molecule has 0 saturated carbocycles. The predicted octanol–water partition coefficient (Wildman–Crippen LogP) is 17.9. The summed E-state index contributed by atoms with van der Waals surface area (Å²) in [7, 11) is 0. The van der Waals surface area contributed by atoms with Gasteiger partial charge < -0.3 is 22.6 Å². The molecule has 0 spiro atoms. The van der Waals surface area contributed by atoms with Crippen molar-refractivity contribution in [2.45, 2.75) is 155 Å². The molecule has 74 heavy (non-hydrogen) atoms. The summed E-state index contributed by atoms with van der Waals surface area (Å²) in [5.41, 5.74) is 23.2. The van der Waals surface area contributed by atoms with Crippen molar-refractivity contribution in [3.8, 4) is 16.8 Å². The van der Waals surface area contributed by atoms with Crippen LogP contribution in [-0.4, -0.2) is 11.4 Å². The number of nitrogens with zero attached hydrogens (tertiary/aromatic N) is 2. The maximum atomic E-state index is 7.74. The number of para-hydroxylation sites is 1. The SMILES string of the molecule is CC(C)(C)c1ccc(N2B3c4oc5cc6c(cc5c4-n4c5ccc(C(C)(C)C)cc5c5c7oc8ccccc8c7c(c3c54)-c3cc4c(cc32)oc2cc3c(cc24)C(C)(C)CCC3(C)C)C(C)(C)CCC6(C)C)cc1. The highest BCUT2D eigenvalue weighted by Crippen LogP contribution is 2.56. The average Bonchev–Trinajstić information content (AvgIpc) is 4.27. The Morgan fingerprint density at radius 1 is 0.486 bits per heavy atom. The van der Waals surface area contributed by atoms with Gasteiger partial charge >= 0.3 is 6.85 Å². The summed E-state index contributed by atoms with van der Waals surface area (Å²) >= 11 is 0. The Bertz CT molecular complexity index is 4340. The quantitative estimate of drug-likeness (QED) is 0.154. The maximum absolute atomic E-state index is 7.74. The first-order valence-electron chi connectivity index (χ1n) is 27.4. The monoisotopic (exact) mass is 971 g/mol. The molecule has 7 aromatic carbocycles. The van der Waals surface area contributed by atoms with E-state index in [1.807, 2.05) is 0 Å². The van der Waals surface area contributed by atoms with E-state index < -0.39 is 0 Å². The Labute approximate surface area is 435 Å². The van der Waals surface area contributed by atoms with Gasteiger partial charge in [-0.05, 0) is 163 Å². The van der Waals surface area contributed by atoms with Gasteiger partial charge in [0.1, 0.15) is 33.6 Å². The van der Waals surface area contributed by atoms with Crippen LogP contribution in [0.15, 0.2) is 116 Å². The first-order chi connectivity index (χ1) is 34.9. The highest BCUT2D eigenvalue weighted by molar-refractivity contribution is 6.93. The van der Waals surface area contributed by atoms with Crippen LogP contribution in [0.2, 0.25) is 0 Å². The van der Waals surface area contributed by atoms with E-state index in [1.165, 1.54) is 77.2 Å². The molecular formula is C68H67BN2O3. The minimum absolute atomic E-state index is 0.00636. The number of benzene rings is 7. The van der Waals surface area contributed by atoms with Gasteiger partial charge in [0.05, 0.1) is 22.1 Å². The van der Waals surface area contributed by atoms with Crippen molar-refractivity contribution >= 4 is 106 Å². The predicted molar refractivity (Wildman–Crippen MR) is 312 cm³/mol. The summed E-state index contributed by atoms with van der Waals surface area (Å²) in [6.07, 6.45) is 4.56. The average molecular weight is 971 g/mol. The van der Waals surface area contributed by atoms with E-state index in [1.54, 1.807) is 0 Å². The molecule has 370 valence electrons. The zero-order valence-corrected chi connectivity index (χ0v) is 45.8. The summed E-state index contributed by atoms with van der Waals surface area (Å²) in [5.74, 6) is 0. The third-order valence-electron chi connectivity index (χ3n) is 19.2. The van der Waals surface area contributed by atoms with Gasteiger partial charge in [0.25, 0.3) is 0 Å². The van der Waals surface area contributed by atoms with E-state index in [2.05, 4.69) is 209 Å². The van der Waals surface area contributed by atoms with Crippen molar-refractivity contribution in [3.63, 3.8) is 0 Å². The molecule has 0 radical (unpaired) electrons. The molecule has 0 saturated heterocycles. The summed E-state index contributed by atoms with van der Waals surface area (Å²) in [6, 6.07) is 40.0. The lowest BCUT2D eigenvalue weighted by Gasteiger charge is -2.41. The van der Waals surface area contributed by atoms with Crippen LogP contribution >= 0.6 is 0 Å². The largest absolute Gasteiger partial charge is 0.466 e. The van der Waals surface area contributed by atoms with E-state index in [9.17, 15) is 0 Å². The number of hydrogen-bond acceptors (Lipinski definition) is 4. The molecule has 0 amide bonds. The molecular weight excluding hydrogens is 904 g/mol. The first-order valence-corrected chi connectivity index (χ1v) is 27.4. The van der Waals surface area contributed by atoms with Gasteiger partial charge in [-0.25, -0.2) is 0 Å². The van der Waals surface area contributed by atoms with Crippen molar-refractivity contribution in [1.82, 2.24) is 4.57 Å². The van der Waals surface area contributed by atoms with Gasteiger partial charge in [-0.1, -0.05) is 133 Å². The van der Waals surface area contributed by atoms with Crippen molar-refractivity contribution < 1.29 is 13.3 Å². The Hall–Kier alpha value is -6.66. The van der Waals surface area contributed by atoms with E-state index in [0.29, 0.717) is 0 Å². The lowest BCUT2D eigenvalue weighted by Crippen LogP contribution is -2.60. The number of furan rings is 3. The van der Waals surface area contributed by atoms with Crippen LogP contribution in [0, 0.1) is 0 Å². The Morgan fingerprint density at radius 2 is 1.04 bits per heavy atom. The van der Waals surface area contributed by atoms with Crippen LogP contribution in [0.25, 0.3) is 93.5 Å². The van der Waals surface area contributed by atoms with E-state index in [4.69, 9.17) is 13.3 Å². The zero-order chi connectivity index (χ0) is 51.3. The molecule has 0 fully saturated rings. The molecule has 0 bridgehead atoms. The molecule has 11 aromatic rings. The van der Waals surface area contributed by atoms with E-state index in [-0.39, 0.29) is 39.3 Å². The van der Waals surface area contributed by atoms with Crippen molar-refractivity contribution in [2.24, 2.45) is 0 Å². The third-order valence-corrected chi connectivity index (χ3v) is 19.2. The first kappa shape index (κ1) is 44.8. The van der Waals surface area contributed by atoms with E-state index in [0.717, 1.165) is 97.9 Å². The summed E-state index contributed by atoms with van der Waals surface area (Å²) in [5, 5.41) is 8.13. The fraction of sp³-hybridized carbons (Fsp3) is 0.353. The third kappa shape index (κ3) is 5.73. The van der Waals surface area contributed by atoms with E-state index >= 15 is 0 Å². The molecule has 15 rings (SSSR count). The molecule has 4 aliphatic rings. The second-order valence-corrected chi connectivity index (χ2v) is 27.8. The Balaban J connectivity index is 1.16. The molecule has 0 atom stereocenters. The van der Waals surface area contributed by atoms with Crippen molar-refractivity contribution in [1.29, 1.82) is 0 Å².